The average Bonchev–Trinajstić information content (AvgIpc) is 3.06. The molecule has 0 aliphatic carbocycles. The third-order valence-corrected chi connectivity index (χ3v) is 5.70. The van der Waals surface area contributed by atoms with Crippen molar-refractivity contribution >= 4 is 33.4 Å². The van der Waals surface area contributed by atoms with Gasteiger partial charge in [0.05, 0.1) is 11.8 Å². The van der Waals surface area contributed by atoms with Crippen LogP contribution in [0.1, 0.15) is 30.0 Å². The molecule has 2 aliphatic heterocycles. The van der Waals surface area contributed by atoms with Crippen LogP contribution in [0.3, 0.4) is 0 Å². The van der Waals surface area contributed by atoms with Gasteiger partial charge >= 0.3 is 0 Å². The lowest BCUT2D eigenvalue weighted by atomic mass is 9.96. The molecule has 0 bridgehead atoms. The van der Waals surface area contributed by atoms with Crippen LogP contribution in [0, 0.1) is 0 Å². The Balaban J connectivity index is 1.68. The summed E-state index contributed by atoms with van der Waals surface area (Å²) in [6, 6.07) is 17.1. The number of nitrogens with zero attached hydrogens (tertiary/aromatic N) is 2. The van der Waals surface area contributed by atoms with E-state index in [1.807, 2.05) is 17.8 Å². The molecule has 2 atom stereocenters. The molecule has 0 saturated heterocycles. The maximum Gasteiger partial charge on any atom is 0.188 e. The van der Waals surface area contributed by atoms with Crippen molar-refractivity contribution < 1.29 is 4.74 Å². The van der Waals surface area contributed by atoms with E-state index in [9.17, 15) is 0 Å². The SMILES string of the molecule is CSCCC1Oc2ccccc2C2CC(c3ccc(Br)cc3)=NN12. The zero-order chi connectivity index (χ0) is 16.5. The highest BCUT2D eigenvalue weighted by atomic mass is 79.9. The van der Waals surface area contributed by atoms with Gasteiger partial charge < -0.3 is 4.74 Å². The van der Waals surface area contributed by atoms with Crippen molar-refractivity contribution in [3.63, 3.8) is 0 Å². The lowest BCUT2D eigenvalue weighted by molar-refractivity contribution is -0.0180. The first-order valence-corrected chi connectivity index (χ1v) is 10.3. The number of thioether (sulfide) groups is 1. The summed E-state index contributed by atoms with van der Waals surface area (Å²) in [6.07, 6.45) is 4.06. The van der Waals surface area contributed by atoms with Crippen LogP contribution in [0.25, 0.3) is 0 Å². The molecule has 0 amide bonds. The third-order valence-electron chi connectivity index (χ3n) is 4.52. The standard InChI is InChI=1S/C19H19BrN2OS/c1-24-11-10-19-22-17(15-4-2-3-5-18(15)23-19)12-16(21-22)13-6-8-14(20)9-7-13/h2-9,17,19H,10-12H2,1H3. The Morgan fingerprint density at radius 2 is 2.00 bits per heavy atom. The van der Waals surface area contributed by atoms with Gasteiger partial charge in [-0.25, -0.2) is 0 Å². The van der Waals surface area contributed by atoms with Crippen LogP contribution in [0.2, 0.25) is 0 Å². The molecule has 0 aromatic heterocycles. The van der Waals surface area contributed by atoms with Crippen LogP contribution < -0.4 is 4.74 Å². The predicted octanol–water partition coefficient (Wildman–Crippen LogP) is 5.07. The zero-order valence-electron chi connectivity index (χ0n) is 13.5. The Morgan fingerprint density at radius 1 is 1.21 bits per heavy atom. The summed E-state index contributed by atoms with van der Waals surface area (Å²) in [7, 11) is 0. The summed E-state index contributed by atoms with van der Waals surface area (Å²) in [4.78, 5) is 0. The van der Waals surface area contributed by atoms with Crippen LogP contribution in [-0.2, 0) is 0 Å². The molecule has 2 aliphatic rings. The Morgan fingerprint density at radius 3 is 2.79 bits per heavy atom. The van der Waals surface area contributed by atoms with Gasteiger partial charge in [-0.15, -0.1) is 0 Å². The lowest BCUT2D eigenvalue weighted by Gasteiger charge is -2.38. The van der Waals surface area contributed by atoms with Crippen molar-refractivity contribution in [3.8, 4) is 5.75 Å². The van der Waals surface area contributed by atoms with Gasteiger partial charge in [0.15, 0.2) is 6.23 Å². The molecular weight excluding hydrogens is 384 g/mol. The number of benzene rings is 2. The van der Waals surface area contributed by atoms with E-state index in [-0.39, 0.29) is 12.3 Å². The van der Waals surface area contributed by atoms with Gasteiger partial charge in [-0.05, 0) is 35.8 Å². The molecule has 3 nitrogen and oxygen atoms in total. The van der Waals surface area contributed by atoms with Crippen molar-refractivity contribution in [1.29, 1.82) is 0 Å². The van der Waals surface area contributed by atoms with Crippen LogP contribution in [0.15, 0.2) is 58.1 Å². The number of hydrogen-bond acceptors (Lipinski definition) is 4. The first kappa shape index (κ1) is 16.0. The summed E-state index contributed by atoms with van der Waals surface area (Å²) in [5, 5.41) is 7.12. The molecule has 2 heterocycles. The number of ether oxygens (including phenoxy) is 1. The van der Waals surface area contributed by atoms with Gasteiger partial charge in [0.25, 0.3) is 0 Å². The Kier molecular flexibility index (Phi) is 4.55. The molecule has 2 aromatic carbocycles. The Bertz CT molecular complexity index is 762. The molecule has 5 heteroatoms. The zero-order valence-corrected chi connectivity index (χ0v) is 15.9. The van der Waals surface area contributed by atoms with Gasteiger partial charge in [-0.2, -0.15) is 16.9 Å². The smallest absolute Gasteiger partial charge is 0.188 e. The Hall–Kier alpha value is -1.46. The molecule has 0 spiro atoms. The van der Waals surface area contributed by atoms with Crippen LogP contribution in [-0.4, -0.2) is 29.0 Å². The number of para-hydroxylation sites is 1. The molecule has 24 heavy (non-hydrogen) atoms. The van der Waals surface area contributed by atoms with Gasteiger partial charge in [-0.3, -0.25) is 5.01 Å². The highest BCUT2D eigenvalue weighted by Gasteiger charge is 2.39. The van der Waals surface area contributed by atoms with E-state index in [1.54, 1.807) is 0 Å². The van der Waals surface area contributed by atoms with E-state index >= 15 is 0 Å². The van der Waals surface area contributed by atoms with Crippen LogP contribution >= 0.6 is 27.7 Å². The normalized spacial score (nSPS) is 21.8. The molecule has 0 fully saturated rings. The summed E-state index contributed by atoms with van der Waals surface area (Å²) in [6.45, 7) is 0. The molecule has 0 saturated carbocycles. The van der Waals surface area contributed by atoms with E-state index in [1.165, 1.54) is 11.1 Å². The van der Waals surface area contributed by atoms with E-state index < -0.39 is 0 Å². The average molecular weight is 403 g/mol. The molecule has 2 aromatic rings. The molecule has 0 N–H and O–H groups in total. The van der Waals surface area contributed by atoms with E-state index in [2.05, 4.69) is 69.7 Å². The number of hydrazone groups is 1. The van der Waals surface area contributed by atoms with Crippen molar-refractivity contribution in [2.24, 2.45) is 5.10 Å². The maximum atomic E-state index is 6.25. The van der Waals surface area contributed by atoms with E-state index in [4.69, 9.17) is 9.84 Å². The largest absolute Gasteiger partial charge is 0.469 e. The molecule has 0 radical (unpaired) electrons. The first-order valence-electron chi connectivity index (χ1n) is 8.12. The monoisotopic (exact) mass is 402 g/mol. The minimum Gasteiger partial charge on any atom is -0.469 e. The summed E-state index contributed by atoms with van der Waals surface area (Å²) in [5.74, 6) is 2.08. The van der Waals surface area contributed by atoms with E-state index in [0.29, 0.717) is 0 Å². The fraction of sp³-hybridized carbons (Fsp3) is 0.316. The topological polar surface area (TPSA) is 24.8 Å². The quantitative estimate of drug-likeness (QED) is 0.713. The second kappa shape index (κ2) is 6.81. The van der Waals surface area contributed by atoms with Crippen molar-refractivity contribution in [3.05, 3.63) is 64.1 Å². The second-order valence-corrected chi connectivity index (χ2v) is 7.95. The number of halogens is 1. The highest BCUT2D eigenvalue weighted by Crippen LogP contribution is 2.43. The number of fused-ring (bicyclic) bond motifs is 3. The summed E-state index contributed by atoms with van der Waals surface area (Å²) < 4.78 is 7.34. The highest BCUT2D eigenvalue weighted by molar-refractivity contribution is 9.10. The fourth-order valence-corrected chi connectivity index (χ4v) is 4.04. The maximum absolute atomic E-state index is 6.25. The fourth-order valence-electron chi connectivity index (χ4n) is 3.34. The summed E-state index contributed by atoms with van der Waals surface area (Å²) >= 11 is 5.35. The lowest BCUT2D eigenvalue weighted by Crippen LogP contribution is -2.40. The van der Waals surface area contributed by atoms with Gasteiger partial charge in [-0.1, -0.05) is 46.3 Å². The van der Waals surface area contributed by atoms with Crippen LogP contribution in [0.5, 0.6) is 5.75 Å². The van der Waals surface area contributed by atoms with Gasteiger partial charge in [0.1, 0.15) is 5.75 Å². The van der Waals surface area contributed by atoms with Crippen molar-refractivity contribution in [1.82, 2.24) is 5.01 Å². The van der Waals surface area contributed by atoms with Gasteiger partial charge in [0, 0.05) is 22.9 Å². The second-order valence-electron chi connectivity index (χ2n) is 6.05. The predicted molar refractivity (Wildman–Crippen MR) is 104 cm³/mol. The molecule has 4 rings (SSSR count). The third kappa shape index (κ3) is 2.95. The minimum absolute atomic E-state index is 0.0188. The van der Waals surface area contributed by atoms with Crippen molar-refractivity contribution in [2.75, 3.05) is 12.0 Å². The molecule has 2 unspecified atom stereocenters. The summed E-state index contributed by atoms with van der Waals surface area (Å²) in [5.41, 5.74) is 3.57. The minimum atomic E-state index is 0.0188. The van der Waals surface area contributed by atoms with Gasteiger partial charge in [0.2, 0.25) is 0 Å². The number of hydrogen-bond donors (Lipinski definition) is 0. The number of rotatable bonds is 4. The van der Waals surface area contributed by atoms with Crippen molar-refractivity contribution in [2.45, 2.75) is 25.1 Å². The van der Waals surface area contributed by atoms with E-state index in [0.717, 1.165) is 34.5 Å². The first-order chi connectivity index (χ1) is 11.8. The van der Waals surface area contributed by atoms with Crippen LogP contribution in [0.4, 0.5) is 0 Å². The molecular formula is C19H19BrN2OS. The molecule has 124 valence electrons. The Labute approximate surface area is 155 Å².